The molecule has 8 nitrogen and oxygen atoms in total. The second-order valence-corrected chi connectivity index (χ2v) is 7.90. The van der Waals surface area contributed by atoms with E-state index in [1.165, 1.54) is 0 Å². The molecule has 2 N–H and O–H groups in total. The Balaban J connectivity index is 1.23. The van der Waals surface area contributed by atoms with Crippen LogP contribution in [0.25, 0.3) is 10.9 Å². The minimum absolute atomic E-state index is 0.158. The van der Waals surface area contributed by atoms with Crippen LogP contribution < -0.4 is 10.2 Å². The van der Waals surface area contributed by atoms with Crippen LogP contribution in [0.5, 0.6) is 0 Å². The first-order valence-electron chi connectivity index (χ1n) is 10.8. The summed E-state index contributed by atoms with van der Waals surface area (Å²) in [4.78, 5) is 33.7. The monoisotopic (exact) mass is 427 g/mol. The number of H-pyrrole nitrogens is 1. The Kier molecular flexibility index (Phi) is 5.41. The molecule has 1 saturated heterocycles. The van der Waals surface area contributed by atoms with Crippen molar-refractivity contribution in [2.75, 3.05) is 36.4 Å². The zero-order valence-electron chi connectivity index (χ0n) is 18.0. The minimum atomic E-state index is 0.158. The summed E-state index contributed by atoms with van der Waals surface area (Å²) in [6, 6.07) is 15.7. The van der Waals surface area contributed by atoms with Crippen LogP contribution in [0.4, 0.5) is 17.5 Å². The average Bonchev–Trinajstić information content (AvgIpc) is 3.22. The van der Waals surface area contributed by atoms with Crippen LogP contribution in [0, 0.1) is 6.92 Å². The first-order valence-corrected chi connectivity index (χ1v) is 10.8. The maximum atomic E-state index is 12.9. The molecule has 32 heavy (non-hydrogen) atoms. The Morgan fingerprint density at radius 2 is 1.84 bits per heavy atom. The van der Waals surface area contributed by atoms with E-state index in [9.17, 15) is 4.79 Å². The van der Waals surface area contributed by atoms with Crippen molar-refractivity contribution in [1.29, 1.82) is 0 Å². The van der Waals surface area contributed by atoms with Crippen LogP contribution in [-0.2, 0) is 11.2 Å². The summed E-state index contributed by atoms with van der Waals surface area (Å²) in [5, 5.41) is 4.35. The molecule has 8 heteroatoms. The second-order valence-electron chi connectivity index (χ2n) is 7.90. The quantitative estimate of drug-likeness (QED) is 0.508. The van der Waals surface area contributed by atoms with Crippen LogP contribution in [-0.4, -0.2) is 56.9 Å². The third kappa shape index (κ3) is 4.25. The van der Waals surface area contributed by atoms with Crippen molar-refractivity contribution in [3.8, 4) is 0 Å². The van der Waals surface area contributed by atoms with Crippen molar-refractivity contribution in [2.24, 2.45) is 0 Å². The largest absolute Gasteiger partial charge is 0.361 e. The molecular weight excluding hydrogens is 402 g/mol. The molecule has 1 aliphatic heterocycles. The fourth-order valence-electron chi connectivity index (χ4n) is 4.08. The average molecular weight is 428 g/mol. The number of carbonyl (C=O) groups excluding carboxylic acids is 1. The van der Waals surface area contributed by atoms with Gasteiger partial charge < -0.3 is 20.1 Å². The third-order valence-electron chi connectivity index (χ3n) is 5.72. The number of amides is 1. The van der Waals surface area contributed by atoms with E-state index in [1.807, 2.05) is 60.5 Å². The van der Waals surface area contributed by atoms with Gasteiger partial charge in [-0.25, -0.2) is 15.0 Å². The third-order valence-corrected chi connectivity index (χ3v) is 5.72. The van der Waals surface area contributed by atoms with Crippen LogP contribution in [0.3, 0.4) is 0 Å². The van der Waals surface area contributed by atoms with E-state index in [4.69, 9.17) is 0 Å². The van der Waals surface area contributed by atoms with Crippen LogP contribution >= 0.6 is 0 Å². The van der Waals surface area contributed by atoms with Gasteiger partial charge >= 0.3 is 0 Å². The number of hydrogen-bond acceptors (Lipinski definition) is 6. The Bertz CT molecular complexity index is 1230. The number of fused-ring (bicyclic) bond motifs is 1. The topological polar surface area (TPSA) is 90.0 Å². The van der Waals surface area contributed by atoms with E-state index < -0.39 is 0 Å². The summed E-state index contributed by atoms with van der Waals surface area (Å²) in [5.74, 6) is 3.16. The summed E-state index contributed by atoms with van der Waals surface area (Å²) in [7, 11) is 0. The molecule has 1 fully saturated rings. The summed E-state index contributed by atoms with van der Waals surface area (Å²) in [6.07, 6.45) is 4.09. The van der Waals surface area contributed by atoms with E-state index in [2.05, 4.69) is 36.2 Å². The SMILES string of the molecule is Cc1nc(Nc2ccccn2)cc(N2CCN(C(=O)Cc3c[nH]c4ccccc34)CC2)n1. The molecule has 5 rings (SSSR count). The van der Waals surface area contributed by atoms with E-state index in [0.717, 1.165) is 41.2 Å². The number of hydrogen-bond donors (Lipinski definition) is 2. The van der Waals surface area contributed by atoms with Gasteiger partial charge in [0.05, 0.1) is 6.42 Å². The Morgan fingerprint density at radius 3 is 2.66 bits per heavy atom. The maximum Gasteiger partial charge on any atom is 0.227 e. The molecule has 0 radical (unpaired) electrons. The van der Waals surface area contributed by atoms with Crippen molar-refractivity contribution in [1.82, 2.24) is 24.8 Å². The maximum absolute atomic E-state index is 12.9. The van der Waals surface area contributed by atoms with E-state index in [1.54, 1.807) is 6.20 Å². The predicted molar refractivity (Wildman–Crippen MR) is 125 cm³/mol. The Morgan fingerprint density at radius 1 is 1.03 bits per heavy atom. The van der Waals surface area contributed by atoms with Crippen molar-refractivity contribution in [3.63, 3.8) is 0 Å². The lowest BCUT2D eigenvalue weighted by Crippen LogP contribution is -2.49. The number of aromatic amines is 1. The van der Waals surface area contributed by atoms with Crippen molar-refractivity contribution >= 4 is 34.3 Å². The predicted octanol–water partition coefficient (Wildman–Crippen LogP) is 3.30. The highest BCUT2D eigenvalue weighted by Crippen LogP contribution is 2.22. The van der Waals surface area contributed by atoms with Crippen LogP contribution in [0.2, 0.25) is 0 Å². The Labute approximate surface area is 186 Å². The highest BCUT2D eigenvalue weighted by atomic mass is 16.2. The normalized spacial score (nSPS) is 14.0. The first-order chi connectivity index (χ1) is 15.7. The van der Waals surface area contributed by atoms with Crippen molar-refractivity contribution in [3.05, 3.63) is 72.3 Å². The van der Waals surface area contributed by atoms with E-state index in [-0.39, 0.29) is 5.91 Å². The summed E-state index contributed by atoms with van der Waals surface area (Å²) < 4.78 is 0. The molecule has 0 spiro atoms. The van der Waals surface area contributed by atoms with Crippen LogP contribution in [0.15, 0.2) is 60.9 Å². The van der Waals surface area contributed by atoms with Gasteiger partial charge in [-0.05, 0) is 30.7 Å². The molecular formula is C24H25N7O. The zero-order valence-corrected chi connectivity index (χ0v) is 18.0. The molecule has 4 heterocycles. The lowest BCUT2D eigenvalue weighted by atomic mass is 10.1. The molecule has 0 unspecified atom stereocenters. The molecule has 0 bridgehead atoms. The molecule has 1 aliphatic rings. The molecule has 162 valence electrons. The minimum Gasteiger partial charge on any atom is -0.361 e. The smallest absolute Gasteiger partial charge is 0.227 e. The molecule has 0 saturated carbocycles. The number of anilines is 3. The van der Waals surface area contributed by atoms with Gasteiger partial charge in [0, 0.05) is 55.5 Å². The highest BCUT2D eigenvalue weighted by molar-refractivity contribution is 5.89. The second kappa shape index (κ2) is 8.66. The molecule has 0 aliphatic carbocycles. The van der Waals surface area contributed by atoms with Gasteiger partial charge in [-0.15, -0.1) is 0 Å². The first kappa shape index (κ1) is 20.0. The summed E-state index contributed by atoms with van der Waals surface area (Å²) in [6.45, 7) is 4.70. The standard InChI is InChI=1S/C24H25N7O/c1-17-27-22(29-21-8-4-5-9-25-21)15-23(28-17)30-10-12-31(13-11-30)24(32)14-18-16-26-20-7-3-2-6-19(18)20/h2-9,15-16,26H,10-14H2,1H3,(H,25,27,28,29). The van der Waals surface area contributed by atoms with E-state index >= 15 is 0 Å². The van der Waals surface area contributed by atoms with Gasteiger partial charge in [-0.2, -0.15) is 0 Å². The number of piperazine rings is 1. The van der Waals surface area contributed by atoms with Gasteiger partial charge in [0.2, 0.25) is 5.91 Å². The molecule has 4 aromatic rings. The molecule has 1 amide bonds. The van der Waals surface area contributed by atoms with Gasteiger partial charge in [-0.1, -0.05) is 24.3 Å². The van der Waals surface area contributed by atoms with Crippen LogP contribution in [0.1, 0.15) is 11.4 Å². The van der Waals surface area contributed by atoms with Gasteiger partial charge in [0.1, 0.15) is 23.3 Å². The highest BCUT2D eigenvalue weighted by Gasteiger charge is 2.23. The number of pyridine rings is 1. The molecule has 0 atom stereocenters. The number of nitrogens with zero attached hydrogens (tertiary/aromatic N) is 5. The van der Waals surface area contributed by atoms with E-state index in [0.29, 0.717) is 31.2 Å². The molecule has 3 aromatic heterocycles. The number of carbonyl (C=O) groups is 1. The fraction of sp³-hybridized carbons (Fsp3) is 0.250. The van der Waals surface area contributed by atoms with Crippen molar-refractivity contribution in [2.45, 2.75) is 13.3 Å². The number of benzene rings is 1. The van der Waals surface area contributed by atoms with Gasteiger partial charge in [0.25, 0.3) is 0 Å². The number of nitrogens with one attached hydrogen (secondary N) is 2. The van der Waals surface area contributed by atoms with Gasteiger partial charge in [0.15, 0.2) is 0 Å². The van der Waals surface area contributed by atoms with Crippen molar-refractivity contribution < 1.29 is 4.79 Å². The number of aromatic nitrogens is 4. The summed E-state index contributed by atoms with van der Waals surface area (Å²) in [5.41, 5.74) is 2.11. The number of rotatable bonds is 5. The Hall–Kier alpha value is -3.94. The molecule has 1 aromatic carbocycles. The summed E-state index contributed by atoms with van der Waals surface area (Å²) >= 11 is 0. The van der Waals surface area contributed by atoms with Gasteiger partial charge in [-0.3, -0.25) is 4.79 Å². The number of para-hydroxylation sites is 1. The lowest BCUT2D eigenvalue weighted by molar-refractivity contribution is -0.130. The zero-order chi connectivity index (χ0) is 21.9. The number of aryl methyl sites for hydroxylation is 1. The fourth-order valence-corrected chi connectivity index (χ4v) is 4.08. The lowest BCUT2D eigenvalue weighted by Gasteiger charge is -2.35.